The molecule has 2 N–H and O–H groups in total. The van der Waals surface area contributed by atoms with Crippen LogP contribution in [0.1, 0.15) is 11.1 Å². The van der Waals surface area contributed by atoms with E-state index < -0.39 is 18.0 Å². The van der Waals surface area contributed by atoms with E-state index in [-0.39, 0.29) is 6.54 Å². The molecule has 0 saturated heterocycles. The SMILES string of the molecule is COc1ccc(/C=C/C(=O)Nc2ccccc2CNC(=O)C(F)(F)F)cc1. The van der Waals surface area contributed by atoms with Gasteiger partial charge in [0.25, 0.3) is 0 Å². The lowest BCUT2D eigenvalue weighted by Crippen LogP contribution is -2.36. The Labute approximate surface area is 153 Å². The van der Waals surface area contributed by atoms with Gasteiger partial charge in [0, 0.05) is 18.3 Å². The van der Waals surface area contributed by atoms with E-state index in [4.69, 9.17) is 4.74 Å². The number of methoxy groups -OCH3 is 1. The third-order valence-corrected chi connectivity index (χ3v) is 3.52. The molecule has 2 aromatic rings. The van der Waals surface area contributed by atoms with Crippen molar-refractivity contribution in [2.45, 2.75) is 12.7 Å². The summed E-state index contributed by atoms with van der Waals surface area (Å²) in [6, 6.07) is 13.3. The van der Waals surface area contributed by atoms with Gasteiger partial charge in [-0.2, -0.15) is 13.2 Å². The van der Waals surface area contributed by atoms with Gasteiger partial charge in [0.05, 0.1) is 7.11 Å². The van der Waals surface area contributed by atoms with Gasteiger partial charge in [0.1, 0.15) is 5.75 Å². The Bertz CT molecular complexity index is 831. The standard InChI is InChI=1S/C19H17F3N2O3/c1-27-15-9-6-13(7-10-15)8-11-17(25)24-16-5-3-2-4-14(16)12-23-18(26)19(20,21)22/h2-11H,12H2,1H3,(H,23,26)(H,24,25)/b11-8+. The van der Waals surface area contributed by atoms with E-state index in [9.17, 15) is 22.8 Å². The first-order valence-corrected chi connectivity index (χ1v) is 7.85. The Morgan fingerprint density at radius 3 is 2.37 bits per heavy atom. The molecule has 142 valence electrons. The Hall–Kier alpha value is -3.29. The molecule has 0 aliphatic carbocycles. The molecule has 0 atom stereocenters. The molecule has 2 aromatic carbocycles. The predicted octanol–water partition coefficient (Wildman–Crippen LogP) is 3.53. The third-order valence-electron chi connectivity index (χ3n) is 3.52. The number of carbonyl (C=O) groups is 2. The van der Waals surface area contributed by atoms with E-state index in [0.29, 0.717) is 17.0 Å². The van der Waals surface area contributed by atoms with Crippen LogP contribution in [0, 0.1) is 0 Å². The minimum atomic E-state index is -4.96. The van der Waals surface area contributed by atoms with E-state index in [1.165, 1.54) is 18.2 Å². The van der Waals surface area contributed by atoms with Gasteiger partial charge in [-0.1, -0.05) is 30.3 Å². The topological polar surface area (TPSA) is 67.4 Å². The first kappa shape index (κ1) is 20.0. The fraction of sp³-hybridized carbons (Fsp3) is 0.158. The molecule has 0 unspecified atom stereocenters. The smallest absolute Gasteiger partial charge is 0.471 e. The van der Waals surface area contributed by atoms with Gasteiger partial charge in [-0.25, -0.2) is 0 Å². The van der Waals surface area contributed by atoms with Crippen LogP contribution < -0.4 is 15.4 Å². The van der Waals surface area contributed by atoms with Crippen LogP contribution in [0.4, 0.5) is 18.9 Å². The highest BCUT2D eigenvalue weighted by Gasteiger charge is 2.38. The minimum absolute atomic E-state index is 0.310. The molecule has 0 aliphatic rings. The molecule has 0 bridgehead atoms. The van der Waals surface area contributed by atoms with Crippen molar-refractivity contribution in [2.75, 3.05) is 12.4 Å². The normalized spacial score (nSPS) is 11.3. The van der Waals surface area contributed by atoms with E-state index in [0.717, 1.165) is 5.56 Å². The van der Waals surface area contributed by atoms with E-state index in [2.05, 4.69) is 5.32 Å². The number of hydrogen-bond acceptors (Lipinski definition) is 3. The van der Waals surface area contributed by atoms with Gasteiger partial charge in [-0.05, 0) is 35.4 Å². The second kappa shape index (κ2) is 8.88. The number of ether oxygens (including phenoxy) is 1. The molecule has 5 nitrogen and oxygen atoms in total. The number of carbonyl (C=O) groups excluding carboxylic acids is 2. The highest BCUT2D eigenvalue weighted by molar-refractivity contribution is 6.02. The molecule has 0 aliphatic heterocycles. The molecule has 0 spiro atoms. The fourth-order valence-corrected chi connectivity index (χ4v) is 2.13. The molecule has 2 amide bonds. The zero-order valence-electron chi connectivity index (χ0n) is 14.3. The number of anilines is 1. The number of nitrogens with one attached hydrogen (secondary N) is 2. The predicted molar refractivity (Wildman–Crippen MR) is 95.0 cm³/mol. The van der Waals surface area contributed by atoms with Crippen LogP contribution in [0.3, 0.4) is 0 Å². The number of hydrogen-bond donors (Lipinski definition) is 2. The first-order chi connectivity index (χ1) is 12.8. The second-order valence-electron chi connectivity index (χ2n) is 5.43. The summed E-state index contributed by atoms with van der Waals surface area (Å²) in [5.41, 5.74) is 1.43. The van der Waals surface area contributed by atoms with Crippen molar-refractivity contribution in [3.05, 3.63) is 65.7 Å². The van der Waals surface area contributed by atoms with Crippen LogP contribution in [0.5, 0.6) is 5.75 Å². The lowest BCUT2D eigenvalue weighted by molar-refractivity contribution is -0.173. The van der Waals surface area contributed by atoms with E-state index >= 15 is 0 Å². The maximum absolute atomic E-state index is 12.3. The molecule has 27 heavy (non-hydrogen) atoms. The van der Waals surface area contributed by atoms with Crippen molar-refractivity contribution >= 4 is 23.6 Å². The van der Waals surface area contributed by atoms with Gasteiger partial charge in [-0.3, -0.25) is 9.59 Å². The summed E-state index contributed by atoms with van der Waals surface area (Å²) in [5.74, 6) is -1.81. The quantitative estimate of drug-likeness (QED) is 0.756. The van der Waals surface area contributed by atoms with Crippen molar-refractivity contribution in [1.82, 2.24) is 5.32 Å². The Balaban J connectivity index is 2.00. The number of amides is 2. The van der Waals surface area contributed by atoms with Crippen LogP contribution in [-0.4, -0.2) is 25.1 Å². The molecular formula is C19H17F3N2O3. The van der Waals surface area contributed by atoms with Crippen molar-refractivity contribution in [3.8, 4) is 5.75 Å². The number of para-hydroxylation sites is 1. The zero-order chi connectivity index (χ0) is 19.9. The summed E-state index contributed by atoms with van der Waals surface area (Å²) < 4.78 is 41.9. The average Bonchev–Trinajstić information content (AvgIpc) is 2.65. The summed E-state index contributed by atoms with van der Waals surface area (Å²) in [5, 5.41) is 4.36. The average molecular weight is 378 g/mol. The zero-order valence-corrected chi connectivity index (χ0v) is 14.3. The van der Waals surface area contributed by atoms with Crippen molar-refractivity contribution < 1.29 is 27.5 Å². The maximum Gasteiger partial charge on any atom is 0.471 e. The Morgan fingerprint density at radius 1 is 1.07 bits per heavy atom. The van der Waals surface area contributed by atoms with Crippen LogP contribution in [-0.2, 0) is 16.1 Å². The van der Waals surface area contributed by atoms with Gasteiger partial charge in [0.2, 0.25) is 5.91 Å². The molecule has 2 rings (SSSR count). The molecule has 0 fully saturated rings. The van der Waals surface area contributed by atoms with Crippen molar-refractivity contribution in [3.63, 3.8) is 0 Å². The van der Waals surface area contributed by atoms with Crippen LogP contribution in [0.15, 0.2) is 54.6 Å². The molecule has 0 saturated carbocycles. The Morgan fingerprint density at radius 2 is 1.74 bits per heavy atom. The van der Waals surface area contributed by atoms with Crippen molar-refractivity contribution in [1.29, 1.82) is 0 Å². The molecule has 0 radical (unpaired) electrons. The van der Waals surface area contributed by atoms with Crippen molar-refractivity contribution in [2.24, 2.45) is 0 Å². The lowest BCUT2D eigenvalue weighted by atomic mass is 10.1. The maximum atomic E-state index is 12.3. The molecule has 8 heteroatoms. The van der Waals surface area contributed by atoms with Gasteiger partial charge in [0.15, 0.2) is 0 Å². The monoisotopic (exact) mass is 378 g/mol. The second-order valence-corrected chi connectivity index (χ2v) is 5.43. The van der Waals surface area contributed by atoms with E-state index in [1.54, 1.807) is 54.9 Å². The van der Waals surface area contributed by atoms with Crippen LogP contribution >= 0.6 is 0 Å². The fourth-order valence-electron chi connectivity index (χ4n) is 2.13. The van der Waals surface area contributed by atoms with Gasteiger partial charge in [-0.15, -0.1) is 0 Å². The minimum Gasteiger partial charge on any atom is -0.497 e. The number of rotatable bonds is 6. The highest BCUT2D eigenvalue weighted by Crippen LogP contribution is 2.18. The molecule has 0 heterocycles. The van der Waals surface area contributed by atoms with Crippen LogP contribution in [0.25, 0.3) is 6.08 Å². The highest BCUT2D eigenvalue weighted by atomic mass is 19.4. The lowest BCUT2D eigenvalue weighted by Gasteiger charge is -2.12. The molecular weight excluding hydrogens is 361 g/mol. The number of alkyl halides is 3. The molecule has 0 aromatic heterocycles. The van der Waals surface area contributed by atoms with Crippen LogP contribution in [0.2, 0.25) is 0 Å². The summed E-state index contributed by atoms with van der Waals surface area (Å²) in [6.45, 7) is -0.364. The number of benzene rings is 2. The third kappa shape index (κ3) is 6.18. The summed E-state index contributed by atoms with van der Waals surface area (Å²) >= 11 is 0. The van der Waals surface area contributed by atoms with Gasteiger partial charge >= 0.3 is 12.1 Å². The van der Waals surface area contributed by atoms with Gasteiger partial charge < -0.3 is 15.4 Å². The number of halogens is 3. The first-order valence-electron chi connectivity index (χ1n) is 7.85. The summed E-state index contributed by atoms with van der Waals surface area (Å²) in [6.07, 6.45) is -2.07. The Kier molecular flexibility index (Phi) is 6.59. The summed E-state index contributed by atoms with van der Waals surface area (Å²) in [7, 11) is 1.55. The van der Waals surface area contributed by atoms with E-state index in [1.807, 2.05) is 0 Å². The largest absolute Gasteiger partial charge is 0.497 e. The summed E-state index contributed by atoms with van der Waals surface area (Å²) in [4.78, 5) is 23.0.